The molecule has 0 fully saturated rings. The zero-order valence-corrected chi connectivity index (χ0v) is 11.7. The molecule has 2 aromatic rings. The molecule has 3 rings (SSSR count). The highest BCUT2D eigenvalue weighted by Gasteiger charge is 2.11. The van der Waals surface area contributed by atoms with Crippen molar-refractivity contribution < 1.29 is 4.74 Å². The molecular weight excluding hydrogens is 288 g/mol. The van der Waals surface area contributed by atoms with Crippen molar-refractivity contribution in [2.24, 2.45) is 0 Å². The Morgan fingerprint density at radius 1 is 0.889 bits per heavy atom. The number of fused-ring (bicyclic) bond motifs is 1. The number of benzene rings is 2. The average molecular weight is 303 g/mol. The SMILES string of the molecule is BrCc1ccc(Oc2ccc3c(c2)CCC3)cc1. The smallest absolute Gasteiger partial charge is 0.127 e. The number of rotatable bonds is 3. The minimum Gasteiger partial charge on any atom is -0.457 e. The van der Waals surface area contributed by atoms with Crippen LogP contribution in [0.4, 0.5) is 0 Å². The lowest BCUT2D eigenvalue weighted by Gasteiger charge is -2.08. The summed E-state index contributed by atoms with van der Waals surface area (Å²) in [4.78, 5) is 0. The van der Waals surface area contributed by atoms with Crippen LogP contribution in [0.1, 0.15) is 23.1 Å². The molecular formula is C16H15BrO. The fraction of sp³-hybridized carbons (Fsp3) is 0.250. The Hall–Kier alpha value is -1.28. The number of halogens is 1. The summed E-state index contributed by atoms with van der Waals surface area (Å²) in [5.74, 6) is 1.85. The lowest BCUT2D eigenvalue weighted by atomic mass is 10.1. The van der Waals surface area contributed by atoms with Crippen molar-refractivity contribution in [3.63, 3.8) is 0 Å². The standard InChI is InChI=1S/C16H15BrO/c17-11-12-4-7-15(8-5-12)18-16-9-6-13-2-1-3-14(13)10-16/h4-10H,1-3,11H2. The highest BCUT2D eigenvalue weighted by Crippen LogP contribution is 2.29. The quantitative estimate of drug-likeness (QED) is 0.736. The monoisotopic (exact) mass is 302 g/mol. The Morgan fingerprint density at radius 2 is 1.61 bits per heavy atom. The van der Waals surface area contributed by atoms with Gasteiger partial charge in [-0.05, 0) is 60.2 Å². The minimum absolute atomic E-state index is 0.881. The van der Waals surface area contributed by atoms with Crippen LogP contribution in [-0.4, -0.2) is 0 Å². The summed E-state index contributed by atoms with van der Waals surface area (Å²) in [5.41, 5.74) is 4.19. The molecule has 0 aliphatic heterocycles. The van der Waals surface area contributed by atoms with Gasteiger partial charge < -0.3 is 4.74 Å². The van der Waals surface area contributed by atoms with E-state index in [1.165, 1.54) is 36.0 Å². The zero-order valence-electron chi connectivity index (χ0n) is 10.2. The second kappa shape index (κ2) is 5.15. The molecule has 2 aromatic carbocycles. The fourth-order valence-electron chi connectivity index (χ4n) is 2.39. The molecule has 92 valence electrons. The molecule has 1 nitrogen and oxygen atoms in total. The summed E-state index contributed by atoms with van der Waals surface area (Å²) in [6.07, 6.45) is 3.68. The van der Waals surface area contributed by atoms with Crippen molar-refractivity contribution in [3.05, 3.63) is 59.2 Å². The molecule has 0 bridgehead atoms. The van der Waals surface area contributed by atoms with E-state index < -0.39 is 0 Å². The Bertz CT molecular complexity index is 546. The van der Waals surface area contributed by atoms with E-state index in [9.17, 15) is 0 Å². The van der Waals surface area contributed by atoms with Crippen LogP contribution in [0.5, 0.6) is 11.5 Å². The maximum atomic E-state index is 5.89. The first-order valence-electron chi connectivity index (χ1n) is 6.30. The highest BCUT2D eigenvalue weighted by molar-refractivity contribution is 9.08. The molecule has 1 aliphatic rings. The molecule has 0 N–H and O–H groups in total. The number of alkyl halides is 1. The molecule has 0 amide bonds. The summed E-state index contributed by atoms with van der Waals surface area (Å²) in [6, 6.07) is 14.6. The van der Waals surface area contributed by atoms with Crippen molar-refractivity contribution in [1.82, 2.24) is 0 Å². The number of ether oxygens (including phenoxy) is 1. The van der Waals surface area contributed by atoms with Gasteiger partial charge in [-0.25, -0.2) is 0 Å². The van der Waals surface area contributed by atoms with Crippen LogP contribution in [-0.2, 0) is 18.2 Å². The number of hydrogen-bond acceptors (Lipinski definition) is 1. The Kier molecular flexibility index (Phi) is 3.37. The van der Waals surface area contributed by atoms with Gasteiger partial charge in [0.15, 0.2) is 0 Å². The van der Waals surface area contributed by atoms with Crippen LogP contribution in [0.15, 0.2) is 42.5 Å². The normalized spacial score (nSPS) is 13.4. The summed E-state index contributed by atoms with van der Waals surface area (Å²) in [7, 11) is 0. The van der Waals surface area contributed by atoms with Crippen molar-refractivity contribution in [3.8, 4) is 11.5 Å². The predicted octanol–water partition coefficient (Wildman–Crippen LogP) is 4.86. The molecule has 0 saturated carbocycles. The van der Waals surface area contributed by atoms with Gasteiger partial charge in [-0.3, -0.25) is 0 Å². The van der Waals surface area contributed by atoms with E-state index in [0.717, 1.165) is 16.8 Å². The van der Waals surface area contributed by atoms with Crippen molar-refractivity contribution in [1.29, 1.82) is 0 Å². The summed E-state index contributed by atoms with van der Waals surface area (Å²) in [6.45, 7) is 0. The minimum atomic E-state index is 0.881. The summed E-state index contributed by atoms with van der Waals surface area (Å²) in [5, 5.41) is 0.881. The summed E-state index contributed by atoms with van der Waals surface area (Å²) < 4.78 is 5.89. The lowest BCUT2D eigenvalue weighted by Crippen LogP contribution is -1.88. The lowest BCUT2D eigenvalue weighted by molar-refractivity contribution is 0.482. The molecule has 0 spiro atoms. The van der Waals surface area contributed by atoms with E-state index in [1.54, 1.807) is 0 Å². The van der Waals surface area contributed by atoms with Crippen LogP contribution >= 0.6 is 15.9 Å². The maximum absolute atomic E-state index is 5.89. The average Bonchev–Trinajstić information content (AvgIpc) is 2.87. The first-order chi connectivity index (χ1) is 8.85. The first-order valence-corrected chi connectivity index (χ1v) is 7.42. The van der Waals surface area contributed by atoms with Crippen LogP contribution in [0.3, 0.4) is 0 Å². The van der Waals surface area contributed by atoms with E-state index in [4.69, 9.17) is 4.74 Å². The van der Waals surface area contributed by atoms with Crippen molar-refractivity contribution >= 4 is 15.9 Å². The molecule has 1 aliphatic carbocycles. The molecule has 0 unspecified atom stereocenters. The fourth-order valence-corrected chi connectivity index (χ4v) is 2.77. The molecule has 18 heavy (non-hydrogen) atoms. The van der Waals surface area contributed by atoms with E-state index in [-0.39, 0.29) is 0 Å². The zero-order chi connectivity index (χ0) is 12.4. The third-order valence-electron chi connectivity index (χ3n) is 3.38. The van der Waals surface area contributed by atoms with E-state index >= 15 is 0 Å². The first kappa shape index (κ1) is 11.8. The Morgan fingerprint density at radius 3 is 2.39 bits per heavy atom. The molecule has 0 saturated heterocycles. The summed E-state index contributed by atoms with van der Waals surface area (Å²) >= 11 is 3.44. The third kappa shape index (κ3) is 2.44. The Balaban J connectivity index is 1.79. The van der Waals surface area contributed by atoms with Gasteiger partial charge in [-0.2, -0.15) is 0 Å². The van der Waals surface area contributed by atoms with E-state index in [2.05, 4.69) is 46.3 Å². The topological polar surface area (TPSA) is 9.23 Å². The second-order valence-corrected chi connectivity index (χ2v) is 5.22. The highest BCUT2D eigenvalue weighted by atomic mass is 79.9. The van der Waals surface area contributed by atoms with Crippen LogP contribution < -0.4 is 4.74 Å². The van der Waals surface area contributed by atoms with Gasteiger partial charge in [0.2, 0.25) is 0 Å². The Labute approximate surface area is 116 Å². The van der Waals surface area contributed by atoms with Gasteiger partial charge >= 0.3 is 0 Å². The molecule has 0 radical (unpaired) electrons. The predicted molar refractivity (Wildman–Crippen MR) is 77.6 cm³/mol. The van der Waals surface area contributed by atoms with Crippen LogP contribution in [0.2, 0.25) is 0 Å². The third-order valence-corrected chi connectivity index (χ3v) is 4.03. The van der Waals surface area contributed by atoms with E-state index in [0.29, 0.717) is 0 Å². The van der Waals surface area contributed by atoms with Gasteiger partial charge in [-0.15, -0.1) is 0 Å². The van der Waals surface area contributed by atoms with Gasteiger partial charge in [0, 0.05) is 5.33 Å². The molecule has 0 heterocycles. The maximum Gasteiger partial charge on any atom is 0.127 e. The van der Waals surface area contributed by atoms with Crippen LogP contribution in [0.25, 0.3) is 0 Å². The van der Waals surface area contributed by atoms with Gasteiger partial charge in [0.05, 0.1) is 0 Å². The largest absolute Gasteiger partial charge is 0.457 e. The van der Waals surface area contributed by atoms with E-state index in [1.807, 2.05) is 12.1 Å². The molecule has 2 heteroatoms. The van der Waals surface area contributed by atoms with Crippen LogP contribution in [0, 0.1) is 0 Å². The molecule has 0 atom stereocenters. The van der Waals surface area contributed by atoms with Crippen molar-refractivity contribution in [2.75, 3.05) is 0 Å². The van der Waals surface area contributed by atoms with Crippen molar-refractivity contribution in [2.45, 2.75) is 24.6 Å². The number of aryl methyl sites for hydroxylation is 2. The van der Waals surface area contributed by atoms with Gasteiger partial charge in [0.1, 0.15) is 11.5 Å². The number of hydrogen-bond donors (Lipinski definition) is 0. The molecule has 0 aromatic heterocycles. The van der Waals surface area contributed by atoms with Gasteiger partial charge in [0.25, 0.3) is 0 Å². The second-order valence-electron chi connectivity index (χ2n) is 4.66. The van der Waals surface area contributed by atoms with Gasteiger partial charge in [-0.1, -0.05) is 34.1 Å².